The quantitative estimate of drug-likeness (QED) is 0.140. The van der Waals surface area contributed by atoms with Gasteiger partial charge in [0.25, 0.3) is 11.1 Å². The van der Waals surface area contributed by atoms with E-state index in [4.69, 9.17) is 32.1 Å². The van der Waals surface area contributed by atoms with Crippen LogP contribution in [0.2, 0.25) is 10.0 Å². The number of hydrogen-bond donors (Lipinski definition) is 0. The summed E-state index contributed by atoms with van der Waals surface area (Å²) < 4.78 is 50.5. The van der Waals surface area contributed by atoms with E-state index < -0.39 is 27.1 Å². The number of halogens is 4. The molecule has 0 saturated carbocycles. The first-order valence-corrected chi connectivity index (χ1v) is 14.9. The molecule has 38 heavy (non-hydrogen) atoms. The van der Waals surface area contributed by atoms with Crippen LogP contribution in [0, 0.1) is 9.39 Å². The molecule has 3 aromatic rings. The Balaban J connectivity index is 1.62. The average molecular weight is 708 g/mol. The summed E-state index contributed by atoms with van der Waals surface area (Å²) in [5, 5.41) is -0.0217. The summed E-state index contributed by atoms with van der Waals surface area (Å²) in [6.45, 7) is 1.83. The van der Waals surface area contributed by atoms with Gasteiger partial charge in [-0.25, -0.2) is 4.39 Å². The average Bonchev–Trinajstić information content (AvgIpc) is 3.10. The summed E-state index contributed by atoms with van der Waals surface area (Å²) in [4.78, 5) is 26.6. The van der Waals surface area contributed by atoms with Gasteiger partial charge < -0.3 is 8.92 Å². The lowest BCUT2D eigenvalue weighted by Crippen LogP contribution is -2.27. The van der Waals surface area contributed by atoms with Crippen molar-refractivity contribution < 1.29 is 31.3 Å². The second kappa shape index (κ2) is 11.8. The van der Waals surface area contributed by atoms with Gasteiger partial charge in [0.1, 0.15) is 10.7 Å². The van der Waals surface area contributed by atoms with Gasteiger partial charge in [0.2, 0.25) is 0 Å². The van der Waals surface area contributed by atoms with E-state index in [1.54, 1.807) is 13.0 Å². The third kappa shape index (κ3) is 6.45. The van der Waals surface area contributed by atoms with Gasteiger partial charge in [0, 0.05) is 10.0 Å². The molecule has 4 rings (SSSR count). The highest BCUT2D eigenvalue weighted by Crippen LogP contribution is 2.39. The maximum atomic E-state index is 13.4. The van der Waals surface area contributed by atoms with Gasteiger partial charge >= 0.3 is 10.1 Å². The number of hydrogen-bond acceptors (Lipinski definition) is 7. The van der Waals surface area contributed by atoms with Crippen molar-refractivity contribution in [2.75, 3.05) is 6.61 Å². The summed E-state index contributed by atoms with van der Waals surface area (Å²) in [5.74, 6) is -0.945. The molecular weight excluding hydrogens is 691 g/mol. The number of carbonyl (C=O) groups is 2. The van der Waals surface area contributed by atoms with Gasteiger partial charge in [0.15, 0.2) is 11.5 Å². The molecule has 0 radical (unpaired) electrons. The van der Waals surface area contributed by atoms with Crippen molar-refractivity contribution in [1.29, 1.82) is 0 Å². The zero-order valence-corrected chi connectivity index (χ0v) is 24.7. The van der Waals surface area contributed by atoms with E-state index in [9.17, 15) is 22.4 Å². The Labute approximate surface area is 246 Å². The number of ether oxygens (including phenoxy) is 1. The van der Waals surface area contributed by atoms with Crippen LogP contribution in [0.25, 0.3) is 6.08 Å². The van der Waals surface area contributed by atoms with Gasteiger partial charge in [-0.05, 0) is 107 Å². The van der Waals surface area contributed by atoms with E-state index in [0.29, 0.717) is 19.7 Å². The molecule has 1 aliphatic rings. The summed E-state index contributed by atoms with van der Waals surface area (Å²) in [6.07, 6.45) is 1.50. The lowest BCUT2D eigenvalue weighted by molar-refractivity contribution is -0.123. The molecule has 0 bridgehead atoms. The molecule has 7 nitrogen and oxygen atoms in total. The monoisotopic (exact) mass is 707 g/mol. The SMILES string of the molecule is CCOc1cc(/C=C2\SC(=O)N(Cc3ccc(F)cc3Cl)C2=O)cc(I)c1OS(=O)(=O)c1ccc(Cl)cc1. The summed E-state index contributed by atoms with van der Waals surface area (Å²) in [6, 6.07) is 12.4. The molecule has 0 unspecified atom stereocenters. The molecule has 2 amide bonds. The molecule has 198 valence electrons. The van der Waals surface area contributed by atoms with Crippen molar-refractivity contribution in [3.8, 4) is 11.5 Å². The number of rotatable bonds is 8. The molecule has 1 aliphatic heterocycles. The van der Waals surface area contributed by atoms with E-state index in [1.807, 2.05) is 22.6 Å². The smallest absolute Gasteiger partial charge is 0.339 e. The van der Waals surface area contributed by atoms with E-state index in [2.05, 4.69) is 0 Å². The molecule has 0 aliphatic carbocycles. The van der Waals surface area contributed by atoms with Crippen LogP contribution in [0.3, 0.4) is 0 Å². The lowest BCUT2D eigenvalue weighted by atomic mass is 10.1. The standard InChI is InChI=1S/C25H17Cl2FINO6S2/c1-2-35-21-10-14(9-20(29)23(21)36-38(33,34)18-7-4-16(26)5-8-18)11-22-24(31)30(25(32)37-22)13-15-3-6-17(28)12-19(15)27/h3-12H,2,13H2,1H3/b22-11-. The van der Waals surface area contributed by atoms with E-state index in [0.717, 1.165) is 22.7 Å². The summed E-state index contributed by atoms with van der Waals surface area (Å²) in [7, 11) is -4.19. The van der Waals surface area contributed by atoms with Crippen LogP contribution in [0.5, 0.6) is 11.5 Å². The van der Waals surface area contributed by atoms with Crippen molar-refractivity contribution >= 4 is 84.9 Å². The van der Waals surface area contributed by atoms with Gasteiger partial charge in [-0.1, -0.05) is 29.3 Å². The minimum atomic E-state index is -4.19. The predicted octanol–water partition coefficient (Wildman–Crippen LogP) is 7.14. The molecule has 0 N–H and O–H groups in total. The van der Waals surface area contributed by atoms with Crippen LogP contribution < -0.4 is 8.92 Å². The molecule has 1 heterocycles. The second-order valence-electron chi connectivity index (χ2n) is 7.76. The number of thioether (sulfide) groups is 1. The third-order valence-corrected chi connectivity index (χ3v) is 8.69. The van der Waals surface area contributed by atoms with E-state index in [-0.39, 0.29) is 39.5 Å². The van der Waals surface area contributed by atoms with Gasteiger partial charge in [-0.3, -0.25) is 14.5 Å². The highest BCUT2D eigenvalue weighted by atomic mass is 127. The Morgan fingerprint density at radius 3 is 2.45 bits per heavy atom. The Morgan fingerprint density at radius 1 is 1.08 bits per heavy atom. The Morgan fingerprint density at radius 2 is 1.79 bits per heavy atom. The molecule has 3 aromatic carbocycles. The van der Waals surface area contributed by atoms with Crippen LogP contribution in [-0.4, -0.2) is 31.1 Å². The van der Waals surface area contributed by atoms with Crippen molar-refractivity contribution in [1.82, 2.24) is 4.90 Å². The number of amides is 2. The van der Waals surface area contributed by atoms with Crippen LogP contribution in [0.1, 0.15) is 18.1 Å². The first kappa shape index (κ1) is 28.7. The molecule has 13 heteroatoms. The topological polar surface area (TPSA) is 90.0 Å². The highest BCUT2D eigenvalue weighted by molar-refractivity contribution is 14.1. The fraction of sp³-hybridized carbons (Fsp3) is 0.120. The maximum Gasteiger partial charge on any atom is 0.339 e. The second-order valence-corrected chi connectivity index (χ2v) is 12.3. The number of nitrogens with zero attached hydrogens (tertiary/aromatic N) is 1. The lowest BCUT2D eigenvalue weighted by Gasteiger charge is -2.15. The number of benzene rings is 3. The fourth-order valence-corrected chi connectivity index (χ4v) is 6.42. The van der Waals surface area contributed by atoms with Crippen molar-refractivity contribution in [3.63, 3.8) is 0 Å². The third-order valence-electron chi connectivity index (χ3n) is 5.14. The summed E-state index contributed by atoms with van der Waals surface area (Å²) >= 11 is 14.6. The number of imide groups is 1. The van der Waals surface area contributed by atoms with E-state index in [1.165, 1.54) is 48.5 Å². The normalized spacial score (nSPS) is 14.9. The van der Waals surface area contributed by atoms with Crippen LogP contribution in [0.4, 0.5) is 9.18 Å². The first-order chi connectivity index (χ1) is 18.0. The largest absolute Gasteiger partial charge is 0.490 e. The van der Waals surface area contributed by atoms with Gasteiger partial charge in [-0.15, -0.1) is 0 Å². The highest BCUT2D eigenvalue weighted by Gasteiger charge is 2.35. The molecule has 1 saturated heterocycles. The Hall–Kier alpha value is -2.32. The maximum absolute atomic E-state index is 13.4. The molecule has 1 fully saturated rings. The van der Waals surface area contributed by atoms with Crippen molar-refractivity contribution in [2.24, 2.45) is 0 Å². The zero-order valence-electron chi connectivity index (χ0n) is 19.4. The Kier molecular flexibility index (Phi) is 8.92. The minimum absolute atomic E-state index is 0.0152. The molecule has 0 spiro atoms. The molecule has 0 atom stereocenters. The van der Waals surface area contributed by atoms with Crippen LogP contribution in [0.15, 0.2) is 64.4 Å². The minimum Gasteiger partial charge on any atom is -0.490 e. The van der Waals surface area contributed by atoms with Crippen LogP contribution >= 0.6 is 57.6 Å². The van der Waals surface area contributed by atoms with Crippen molar-refractivity contribution in [2.45, 2.75) is 18.4 Å². The first-order valence-electron chi connectivity index (χ1n) is 10.8. The zero-order chi connectivity index (χ0) is 27.6. The molecular formula is C25H17Cl2FINO6S2. The predicted molar refractivity (Wildman–Crippen MR) is 153 cm³/mol. The molecule has 0 aromatic heterocycles. The fourth-order valence-electron chi connectivity index (χ4n) is 3.38. The summed E-state index contributed by atoms with van der Waals surface area (Å²) in [5.41, 5.74) is 0.910. The number of carbonyl (C=O) groups excluding carboxylic acids is 2. The van der Waals surface area contributed by atoms with Gasteiger partial charge in [-0.2, -0.15) is 8.42 Å². The van der Waals surface area contributed by atoms with Crippen LogP contribution in [-0.2, 0) is 21.5 Å². The van der Waals surface area contributed by atoms with Crippen molar-refractivity contribution in [3.05, 3.63) is 90.1 Å². The van der Waals surface area contributed by atoms with Gasteiger partial charge in [0.05, 0.1) is 21.6 Å². The van der Waals surface area contributed by atoms with E-state index >= 15 is 0 Å². The Bertz CT molecular complexity index is 1560.